The molecule has 0 amide bonds. The van der Waals surface area contributed by atoms with Gasteiger partial charge in [0.1, 0.15) is 0 Å². The third-order valence-electron chi connectivity index (χ3n) is 14.0. The van der Waals surface area contributed by atoms with Crippen LogP contribution in [0.25, 0.3) is 109 Å². The number of para-hydroxylation sites is 1. The first-order chi connectivity index (χ1) is 34.2. The van der Waals surface area contributed by atoms with E-state index >= 15 is 0 Å². The van der Waals surface area contributed by atoms with Gasteiger partial charge in [-0.2, -0.15) is 0 Å². The molecule has 13 aromatic rings. The minimum atomic E-state index is 1.08. The summed E-state index contributed by atoms with van der Waals surface area (Å²) >= 11 is 0. The van der Waals surface area contributed by atoms with E-state index in [4.69, 9.17) is 0 Å². The van der Waals surface area contributed by atoms with E-state index < -0.39 is 0 Å². The average Bonchev–Trinajstić information content (AvgIpc) is 3.43. The van der Waals surface area contributed by atoms with E-state index in [1.54, 1.807) is 0 Å². The number of fused-ring (bicyclic) bond motifs is 7. The standard InChI is InChI=1S/C68H45N/c1-3-19-49(20-4-1)67-64-29-12-11-28-61(64)63-42-38-54(45-65(63)68(67)50-21-5-2-6-22-50)59-27-13-14-32-66(59)69(56-25-15-24-52(44-56)53-34-33-46-17-7-8-23-51(46)43-53)55-39-35-48(36-40-55)58-30-16-31-60-57-26-10-9-18-47(57)37-41-62(58)60/h1-45H. The van der Waals surface area contributed by atoms with E-state index in [0.29, 0.717) is 0 Å². The van der Waals surface area contributed by atoms with Crippen molar-refractivity contribution in [3.05, 3.63) is 273 Å². The predicted octanol–water partition coefficient (Wildman–Crippen LogP) is 19.3. The molecule has 0 aromatic heterocycles. The van der Waals surface area contributed by atoms with Crippen LogP contribution in [0, 0.1) is 0 Å². The summed E-state index contributed by atoms with van der Waals surface area (Å²) in [5, 5.41) is 12.5. The van der Waals surface area contributed by atoms with Crippen LogP contribution in [0.1, 0.15) is 0 Å². The molecule has 13 aromatic carbocycles. The fourth-order valence-electron chi connectivity index (χ4n) is 10.8. The first kappa shape index (κ1) is 40.3. The SMILES string of the molecule is c1ccc(-c2c(-c3ccccc3)c3cc(-c4ccccc4N(c4ccc(-c5cccc6c5ccc5ccccc56)cc4)c4cccc(-c5ccc6ccccc6c5)c4)ccc3c3ccccc23)cc1. The van der Waals surface area contributed by atoms with Gasteiger partial charge in [-0.3, -0.25) is 0 Å². The van der Waals surface area contributed by atoms with E-state index in [2.05, 4.69) is 278 Å². The molecule has 0 saturated heterocycles. The lowest BCUT2D eigenvalue weighted by Crippen LogP contribution is -2.11. The molecule has 322 valence electrons. The van der Waals surface area contributed by atoms with Crippen LogP contribution in [-0.2, 0) is 0 Å². The molecule has 1 heteroatoms. The fourth-order valence-corrected chi connectivity index (χ4v) is 10.8. The molecule has 0 unspecified atom stereocenters. The number of anilines is 3. The number of hydrogen-bond acceptors (Lipinski definition) is 1. The molecule has 0 atom stereocenters. The number of benzene rings is 13. The highest BCUT2D eigenvalue weighted by molar-refractivity contribution is 6.22. The Hall–Kier alpha value is -9.04. The Kier molecular flexibility index (Phi) is 9.91. The van der Waals surface area contributed by atoms with Crippen molar-refractivity contribution in [2.24, 2.45) is 0 Å². The fraction of sp³-hybridized carbons (Fsp3) is 0. The average molecular weight is 876 g/mol. The Labute approximate surface area is 402 Å². The molecule has 0 saturated carbocycles. The second-order valence-corrected chi connectivity index (χ2v) is 18.0. The quantitative estimate of drug-likeness (QED) is 0.138. The summed E-state index contributed by atoms with van der Waals surface area (Å²) in [6, 6.07) is 100. The van der Waals surface area contributed by atoms with Gasteiger partial charge < -0.3 is 4.90 Å². The van der Waals surface area contributed by atoms with Crippen molar-refractivity contribution in [3.63, 3.8) is 0 Å². The lowest BCUT2D eigenvalue weighted by atomic mass is 9.84. The Morgan fingerprint density at radius 1 is 0.203 bits per heavy atom. The summed E-state index contributed by atoms with van der Waals surface area (Å²) in [5.74, 6) is 0. The summed E-state index contributed by atoms with van der Waals surface area (Å²) in [5.41, 5.74) is 15.2. The molecule has 0 fully saturated rings. The molecule has 0 radical (unpaired) electrons. The summed E-state index contributed by atoms with van der Waals surface area (Å²) in [6.45, 7) is 0. The van der Waals surface area contributed by atoms with E-state index in [-0.39, 0.29) is 0 Å². The molecule has 0 aliphatic rings. The zero-order valence-electron chi connectivity index (χ0n) is 37.9. The third kappa shape index (κ3) is 7.12. The second-order valence-electron chi connectivity index (χ2n) is 18.0. The monoisotopic (exact) mass is 875 g/mol. The maximum Gasteiger partial charge on any atom is 0.0540 e. The zero-order valence-corrected chi connectivity index (χ0v) is 37.9. The third-order valence-corrected chi connectivity index (χ3v) is 14.0. The van der Waals surface area contributed by atoms with Gasteiger partial charge in [-0.05, 0) is 146 Å². The molecule has 1 nitrogen and oxygen atoms in total. The van der Waals surface area contributed by atoms with Crippen LogP contribution in [0.4, 0.5) is 17.1 Å². The normalized spacial score (nSPS) is 11.5. The van der Waals surface area contributed by atoms with E-state index in [9.17, 15) is 0 Å². The number of rotatable bonds is 8. The minimum absolute atomic E-state index is 1.08. The Balaban J connectivity index is 1.01. The van der Waals surface area contributed by atoms with Crippen molar-refractivity contribution in [2.75, 3.05) is 4.90 Å². The highest BCUT2D eigenvalue weighted by Gasteiger charge is 2.22. The van der Waals surface area contributed by atoms with Gasteiger partial charge >= 0.3 is 0 Å². The van der Waals surface area contributed by atoms with E-state index in [1.807, 2.05) is 0 Å². The summed E-state index contributed by atoms with van der Waals surface area (Å²) in [4.78, 5) is 2.44. The topological polar surface area (TPSA) is 3.24 Å². The Morgan fingerprint density at radius 2 is 0.710 bits per heavy atom. The van der Waals surface area contributed by atoms with Crippen LogP contribution in [0.15, 0.2) is 273 Å². The zero-order chi connectivity index (χ0) is 45.7. The van der Waals surface area contributed by atoms with Gasteiger partial charge in [0.25, 0.3) is 0 Å². The van der Waals surface area contributed by atoms with Gasteiger partial charge in [0, 0.05) is 16.9 Å². The predicted molar refractivity (Wildman–Crippen MR) is 296 cm³/mol. The minimum Gasteiger partial charge on any atom is -0.310 e. The van der Waals surface area contributed by atoms with Crippen molar-refractivity contribution < 1.29 is 0 Å². The Morgan fingerprint density at radius 3 is 1.51 bits per heavy atom. The maximum absolute atomic E-state index is 2.44. The largest absolute Gasteiger partial charge is 0.310 e. The summed E-state index contributed by atoms with van der Waals surface area (Å²) < 4.78 is 0. The highest BCUT2D eigenvalue weighted by atomic mass is 15.1. The molecule has 13 rings (SSSR count). The first-order valence-electron chi connectivity index (χ1n) is 23.8. The highest BCUT2D eigenvalue weighted by Crippen LogP contribution is 2.48. The van der Waals surface area contributed by atoms with Gasteiger partial charge in [-0.15, -0.1) is 0 Å². The van der Waals surface area contributed by atoms with Crippen LogP contribution in [0.5, 0.6) is 0 Å². The molecule has 0 aliphatic carbocycles. The molecule has 0 aliphatic heterocycles. The molecular formula is C68H45N. The van der Waals surface area contributed by atoms with E-state index in [1.165, 1.54) is 98.4 Å². The van der Waals surface area contributed by atoms with Crippen molar-refractivity contribution in [1.29, 1.82) is 0 Å². The van der Waals surface area contributed by atoms with Crippen molar-refractivity contribution in [2.45, 2.75) is 0 Å². The van der Waals surface area contributed by atoms with Crippen molar-refractivity contribution >= 4 is 70.9 Å². The number of nitrogens with zero attached hydrogens (tertiary/aromatic N) is 1. The molecule has 0 bridgehead atoms. The first-order valence-corrected chi connectivity index (χ1v) is 23.8. The smallest absolute Gasteiger partial charge is 0.0540 e. The van der Waals surface area contributed by atoms with Crippen LogP contribution in [0.3, 0.4) is 0 Å². The van der Waals surface area contributed by atoms with Gasteiger partial charge in [0.15, 0.2) is 0 Å². The summed E-state index contributed by atoms with van der Waals surface area (Å²) in [6.07, 6.45) is 0. The van der Waals surface area contributed by atoms with Gasteiger partial charge in [-0.1, -0.05) is 231 Å². The molecule has 69 heavy (non-hydrogen) atoms. The van der Waals surface area contributed by atoms with Crippen LogP contribution in [-0.4, -0.2) is 0 Å². The van der Waals surface area contributed by atoms with Crippen molar-refractivity contribution in [3.8, 4) is 55.6 Å². The number of hydrogen-bond donors (Lipinski definition) is 0. The van der Waals surface area contributed by atoms with Crippen LogP contribution in [0.2, 0.25) is 0 Å². The lowest BCUT2D eigenvalue weighted by molar-refractivity contribution is 1.28. The second kappa shape index (κ2) is 17.0. The molecule has 0 heterocycles. The van der Waals surface area contributed by atoms with Crippen molar-refractivity contribution in [1.82, 2.24) is 0 Å². The summed E-state index contributed by atoms with van der Waals surface area (Å²) in [7, 11) is 0. The lowest BCUT2D eigenvalue weighted by Gasteiger charge is -2.29. The van der Waals surface area contributed by atoms with Gasteiger partial charge in [0.2, 0.25) is 0 Å². The Bertz CT molecular complexity index is 4060. The maximum atomic E-state index is 2.44. The molecule has 0 spiro atoms. The van der Waals surface area contributed by atoms with Crippen LogP contribution < -0.4 is 4.90 Å². The molecular weight excluding hydrogens is 831 g/mol. The van der Waals surface area contributed by atoms with E-state index in [0.717, 1.165) is 28.2 Å². The van der Waals surface area contributed by atoms with Gasteiger partial charge in [0.05, 0.1) is 5.69 Å². The van der Waals surface area contributed by atoms with Crippen LogP contribution >= 0.6 is 0 Å². The molecule has 0 N–H and O–H groups in total. The van der Waals surface area contributed by atoms with Gasteiger partial charge in [-0.25, -0.2) is 0 Å².